The van der Waals surface area contributed by atoms with Crippen molar-refractivity contribution in [2.24, 2.45) is 28.6 Å². The molecule has 0 radical (unpaired) electrons. The van der Waals surface area contributed by atoms with Crippen LogP contribution < -0.4 is 0 Å². The maximum Gasteiger partial charge on any atom is 0.306 e. The lowest BCUT2D eigenvalue weighted by molar-refractivity contribution is -0.228. The summed E-state index contributed by atoms with van der Waals surface area (Å²) in [5.41, 5.74) is -6.25. The van der Waals surface area contributed by atoms with Crippen molar-refractivity contribution in [2.75, 3.05) is 5.75 Å². The first kappa shape index (κ1) is 25.5. The van der Waals surface area contributed by atoms with Gasteiger partial charge in [-0.25, -0.2) is 8.78 Å². The van der Waals surface area contributed by atoms with Gasteiger partial charge in [0.15, 0.2) is 17.1 Å². The highest BCUT2D eigenvalue weighted by molar-refractivity contribution is 8.13. The minimum atomic E-state index is -2.23. The van der Waals surface area contributed by atoms with Gasteiger partial charge >= 0.3 is 5.97 Å². The van der Waals surface area contributed by atoms with Crippen LogP contribution in [0.2, 0.25) is 0 Å². The Balaban J connectivity index is 1.87. The van der Waals surface area contributed by atoms with Crippen LogP contribution in [0.1, 0.15) is 60.3 Å². The van der Waals surface area contributed by atoms with Crippen LogP contribution >= 0.6 is 11.8 Å². The monoisotopic (exact) mass is 496 g/mol. The van der Waals surface area contributed by atoms with Gasteiger partial charge < -0.3 is 9.84 Å². The minimum absolute atomic E-state index is 0.0636. The molecule has 4 aliphatic rings. The number of halogens is 2. The van der Waals surface area contributed by atoms with Gasteiger partial charge in [-0.05, 0) is 55.6 Å². The fourth-order valence-corrected chi connectivity index (χ4v) is 8.66. The average molecular weight is 497 g/mol. The highest BCUT2D eigenvalue weighted by atomic mass is 32.2. The molecule has 5 nitrogen and oxygen atoms in total. The largest absolute Gasteiger partial charge is 0.449 e. The van der Waals surface area contributed by atoms with Crippen molar-refractivity contribution in [3.8, 4) is 0 Å². The van der Waals surface area contributed by atoms with Crippen LogP contribution in [0.4, 0.5) is 8.78 Å². The molecule has 0 saturated heterocycles. The van der Waals surface area contributed by atoms with E-state index >= 15 is 8.78 Å². The molecule has 188 valence electrons. The Morgan fingerprint density at radius 2 is 1.91 bits per heavy atom. The fourth-order valence-electron chi connectivity index (χ4n) is 7.71. The van der Waals surface area contributed by atoms with Crippen molar-refractivity contribution in [1.29, 1.82) is 0 Å². The summed E-state index contributed by atoms with van der Waals surface area (Å²) in [5, 5.41) is 11.2. The number of rotatable bonds is 4. The summed E-state index contributed by atoms with van der Waals surface area (Å²) in [4.78, 5) is 38.1. The van der Waals surface area contributed by atoms with Gasteiger partial charge in [0.2, 0.25) is 5.12 Å². The van der Waals surface area contributed by atoms with E-state index in [9.17, 15) is 19.5 Å². The molecule has 0 spiro atoms. The maximum atomic E-state index is 17.3. The Kier molecular flexibility index (Phi) is 6.20. The van der Waals surface area contributed by atoms with E-state index in [0.717, 1.165) is 17.8 Å². The first-order valence-electron chi connectivity index (χ1n) is 12.2. The molecule has 3 saturated carbocycles. The number of ketones is 1. The fraction of sp³-hybridized carbons (Fsp3) is 0.731. The molecule has 0 amide bonds. The second-order valence-electron chi connectivity index (χ2n) is 10.8. The summed E-state index contributed by atoms with van der Waals surface area (Å²) < 4.78 is 38.8. The van der Waals surface area contributed by atoms with Crippen LogP contribution in [0.3, 0.4) is 0 Å². The molecule has 0 aromatic rings. The molecule has 0 heterocycles. The molecule has 3 fully saturated rings. The van der Waals surface area contributed by atoms with Crippen molar-refractivity contribution in [3.05, 3.63) is 23.8 Å². The second-order valence-corrected chi connectivity index (χ2v) is 12.0. The normalized spacial score (nSPS) is 47.4. The second kappa shape index (κ2) is 8.26. The molecule has 4 aliphatic carbocycles. The number of hydrogen-bond acceptors (Lipinski definition) is 6. The lowest BCUT2D eigenvalue weighted by Gasteiger charge is -2.63. The van der Waals surface area contributed by atoms with E-state index < -0.39 is 63.9 Å². The molecular weight excluding hydrogens is 462 g/mol. The van der Waals surface area contributed by atoms with Gasteiger partial charge in [-0.3, -0.25) is 14.4 Å². The Morgan fingerprint density at radius 3 is 2.53 bits per heavy atom. The standard InChI is InChI=1S/C26H34F2O5S/c1-6-21(31)33-26(22(32)34-7-2)14(3)10-16-17-12-19(27)18-11-15(29)8-9-23(18,4)25(17,28)20(30)13-24(16,26)5/h8-9,11,14,16-17,19-20,30H,6-7,10,12-13H2,1-5H3/t14-,16+,17?,19+,20+,23+,24+,25+,26+/m1/s1. The highest BCUT2D eigenvalue weighted by Crippen LogP contribution is 2.72. The number of thioether (sulfide) groups is 1. The van der Waals surface area contributed by atoms with Crippen molar-refractivity contribution < 1.29 is 33.0 Å². The van der Waals surface area contributed by atoms with E-state index in [1.54, 1.807) is 20.8 Å². The molecule has 1 unspecified atom stereocenters. The van der Waals surface area contributed by atoms with Crippen LogP contribution in [0.5, 0.6) is 0 Å². The van der Waals surface area contributed by atoms with Crippen LogP contribution in [-0.2, 0) is 19.1 Å². The summed E-state index contributed by atoms with van der Waals surface area (Å²) in [6.45, 7) is 8.65. The molecule has 1 N–H and O–H groups in total. The zero-order valence-corrected chi connectivity index (χ0v) is 21.2. The van der Waals surface area contributed by atoms with Gasteiger partial charge in [0.25, 0.3) is 0 Å². The zero-order chi connectivity index (χ0) is 25.3. The topological polar surface area (TPSA) is 80.7 Å². The predicted octanol–water partition coefficient (Wildman–Crippen LogP) is 4.52. The van der Waals surface area contributed by atoms with Crippen molar-refractivity contribution >= 4 is 28.6 Å². The third-order valence-corrected chi connectivity index (χ3v) is 10.2. The van der Waals surface area contributed by atoms with Crippen LogP contribution in [0, 0.1) is 28.6 Å². The molecule has 0 aromatic heterocycles. The summed E-state index contributed by atoms with van der Waals surface area (Å²) >= 11 is 1.06. The molecule has 0 bridgehead atoms. The van der Waals surface area contributed by atoms with Gasteiger partial charge in [-0.2, -0.15) is 0 Å². The average Bonchev–Trinajstić information content (AvgIpc) is 2.99. The SMILES string of the molecule is CCSC(=O)[C@@]1(OC(=O)CC)[C@H](C)C[C@H]2C3C[C@H](F)C4=CC(=O)C=C[C@]4(C)[C@@]3(F)[C@@H](O)C[C@@]21C. The molecule has 0 aliphatic heterocycles. The zero-order valence-electron chi connectivity index (χ0n) is 20.4. The van der Waals surface area contributed by atoms with E-state index in [1.807, 2.05) is 13.8 Å². The summed E-state index contributed by atoms with van der Waals surface area (Å²) in [6.07, 6.45) is 0.859. The number of aliphatic hydroxyl groups is 1. The quantitative estimate of drug-likeness (QED) is 0.577. The Bertz CT molecular complexity index is 980. The molecule has 0 aromatic carbocycles. The predicted molar refractivity (Wildman–Crippen MR) is 125 cm³/mol. The Hall–Kier alpha value is -1.54. The Labute approximate surface area is 203 Å². The van der Waals surface area contributed by atoms with E-state index in [2.05, 4.69) is 0 Å². The van der Waals surface area contributed by atoms with Crippen molar-refractivity contribution in [1.82, 2.24) is 0 Å². The van der Waals surface area contributed by atoms with Crippen LogP contribution in [0.15, 0.2) is 23.8 Å². The molecule has 9 atom stereocenters. The summed E-state index contributed by atoms with van der Waals surface area (Å²) in [7, 11) is 0. The van der Waals surface area contributed by atoms with E-state index in [1.165, 1.54) is 12.2 Å². The number of hydrogen-bond donors (Lipinski definition) is 1. The lowest BCUT2D eigenvalue weighted by Crippen LogP contribution is -2.70. The first-order chi connectivity index (χ1) is 15.8. The van der Waals surface area contributed by atoms with Crippen LogP contribution in [0.25, 0.3) is 0 Å². The third kappa shape index (κ3) is 3.03. The first-order valence-corrected chi connectivity index (χ1v) is 13.2. The van der Waals surface area contributed by atoms with Gasteiger partial charge in [-0.15, -0.1) is 0 Å². The lowest BCUT2D eigenvalue weighted by atomic mass is 9.44. The third-order valence-electron chi connectivity index (χ3n) is 9.31. The molecular formula is C26H34F2O5S. The van der Waals surface area contributed by atoms with Crippen LogP contribution in [-0.4, -0.2) is 51.3 Å². The summed E-state index contributed by atoms with van der Waals surface area (Å²) in [5.74, 6) is -2.28. The van der Waals surface area contributed by atoms with Crippen molar-refractivity contribution in [2.45, 2.75) is 83.8 Å². The maximum absolute atomic E-state index is 17.3. The van der Waals surface area contributed by atoms with E-state index in [4.69, 9.17) is 4.74 Å². The number of esters is 1. The number of ether oxygens (including phenoxy) is 1. The number of carbonyl (C=O) groups excluding carboxylic acids is 3. The number of fused-ring (bicyclic) bond motifs is 5. The number of alkyl halides is 2. The smallest absolute Gasteiger partial charge is 0.306 e. The highest BCUT2D eigenvalue weighted by Gasteiger charge is 2.78. The van der Waals surface area contributed by atoms with Gasteiger partial charge in [0.1, 0.15) is 6.17 Å². The minimum Gasteiger partial charge on any atom is -0.449 e. The number of allylic oxidation sites excluding steroid dienone is 4. The number of aliphatic hydroxyl groups excluding tert-OH is 1. The van der Waals surface area contributed by atoms with Gasteiger partial charge in [0.05, 0.1) is 6.10 Å². The van der Waals surface area contributed by atoms with Crippen molar-refractivity contribution in [3.63, 3.8) is 0 Å². The number of carbonyl (C=O) groups is 3. The Morgan fingerprint density at radius 1 is 1.24 bits per heavy atom. The molecule has 34 heavy (non-hydrogen) atoms. The van der Waals surface area contributed by atoms with Gasteiger partial charge in [0, 0.05) is 29.1 Å². The van der Waals surface area contributed by atoms with Gasteiger partial charge in [-0.1, -0.05) is 45.5 Å². The van der Waals surface area contributed by atoms with E-state index in [0.29, 0.717) is 12.2 Å². The molecule has 8 heteroatoms. The van der Waals surface area contributed by atoms with E-state index in [-0.39, 0.29) is 30.0 Å². The molecule has 4 rings (SSSR count). The summed E-state index contributed by atoms with van der Waals surface area (Å²) in [6, 6.07) is 0.